The van der Waals surface area contributed by atoms with Gasteiger partial charge >= 0.3 is 13.7 Å². The highest BCUT2D eigenvalue weighted by Gasteiger charge is 2.56. The number of aliphatic hydroxyl groups excluding tert-OH is 1. The van der Waals surface area contributed by atoms with Crippen molar-refractivity contribution in [2.75, 3.05) is 24.2 Å². The van der Waals surface area contributed by atoms with Gasteiger partial charge in [-0.15, -0.1) is 0 Å². The summed E-state index contributed by atoms with van der Waals surface area (Å²) < 4.78 is 53.4. The van der Waals surface area contributed by atoms with Crippen LogP contribution in [-0.2, 0) is 23.4 Å². The van der Waals surface area contributed by atoms with Gasteiger partial charge in [0.05, 0.1) is 19.0 Å². The minimum Gasteiger partial charge on any atom is -0.462 e. The second kappa shape index (κ2) is 12.2. The fraction of sp³-hybridized carbons (Fsp3) is 0.520. The number of halogens is 1. The first-order valence-corrected chi connectivity index (χ1v) is 14.6. The third-order valence-corrected chi connectivity index (χ3v) is 7.83. The van der Waals surface area contributed by atoms with Crippen molar-refractivity contribution in [3.63, 3.8) is 0 Å². The number of anilines is 2. The molecule has 1 saturated heterocycles. The van der Waals surface area contributed by atoms with Gasteiger partial charge in [-0.2, -0.15) is 15.1 Å². The van der Waals surface area contributed by atoms with E-state index in [2.05, 4.69) is 25.4 Å². The van der Waals surface area contributed by atoms with Crippen molar-refractivity contribution in [2.45, 2.75) is 70.9 Å². The van der Waals surface area contributed by atoms with Gasteiger partial charge < -0.3 is 30.2 Å². The second-order valence-corrected chi connectivity index (χ2v) is 11.6. The molecule has 1 fully saturated rings. The fourth-order valence-electron chi connectivity index (χ4n) is 4.25. The van der Waals surface area contributed by atoms with E-state index in [4.69, 9.17) is 24.3 Å². The van der Waals surface area contributed by atoms with E-state index in [-0.39, 0.29) is 17.3 Å². The number of imidazole rings is 1. The molecule has 3 heterocycles. The number of aromatic nitrogens is 4. The molecular formula is C25H35FN7O7P. The molecule has 41 heavy (non-hydrogen) atoms. The summed E-state index contributed by atoms with van der Waals surface area (Å²) in [7, 11) is -4.28. The lowest BCUT2D eigenvalue weighted by Gasteiger charge is -2.25. The summed E-state index contributed by atoms with van der Waals surface area (Å²) in [6, 6.07) is 7.06. The highest BCUT2D eigenvalue weighted by Crippen LogP contribution is 2.48. The number of carbonyl (C=O) groups excluding carboxylic acids is 1. The average Bonchev–Trinajstić information content (AvgIpc) is 3.41. The molecule has 16 heteroatoms. The molecule has 14 nitrogen and oxygen atoms in total. The van der Waals surface area contributed by atoms with E-state index in [9.17, 15) is 14.5 Å². The Labute approximate surface area is 236 Å². The van der Waals surface area contributed by atoms with Gasteiger partial charge in [0, 0.05) is 6.54 Å². The number of fused-ring (bicyclic) bond motifs is 1. The maximum Gasteiger partial charge on any atom is 0.459 e. The summed E-state index contributed by atoms with van der Waals surface area (Å²) in [5, 5.41) is 16.5. The zero-order valence-electron chi connectivity index (χ0n) is 23.4. The van der Waals surface area contributed by atoms with E-state index in [1.807, 2.05) is 6.92 Å². The number of ether oxygens (including phenoxy) is 2. The number of rotatable bonds is 12. The van der Waals surface area contributed by atoms with Crippen LogP contribution in [0.3, 0.4) is 0 Å². The molecule has 1 aliphatic heterocycles. The number of nitrogen functional groups attached to an aromatic ring is 1. The van der Waals surface area contributed by atoms with Gasteiger partial charge in [-0.05, 0) is 46.8 Å². The molecule has 3 aromatic rings. The molecule has 0 unspecified atom stereocenters. The van der Waals surface area contributed by atoms with Crippen molar-refractivity contribution < 1.29 is 37.4 Å². The Kier molecular flexibility index (Phi) is 9.14. The van der Waals surface area contributed by atoms with Crippen LogP contribution in [0.25, 0.3) is 11.2 Å². The Balaban J connectivity index is 1.56. The fourth-order valence-corrected chi connectivity index (χ4v) is 5.75. The molecule has 4 rings (SSSR count). The summed E-state index contributed by atoms with van der Waals surface area (Å²) in [5.41, 5.74) is 4.03. The summed E-state index contributed by atoms with van der Waals surface area (Å²) in [5.74, 6) is -0.195. The van der Waals surface area contributed by atoms with Crippen LogP contribution in [-0.4, -0.2) is 73.8 Å². The van der Waals surface area contributed by atoms with Crippen LogP contribution in [0.5, 0.6) is 5.75 Å². The maximum absolute atomic E-state index is 16.0. The molecule has 0 saturated carbocycles. The third kappa shape index (κ3) is 6.76. The van der Waals surface area contributed by atoms with Crippen LogP contribution in [0.1, 0.15) is 40.8 Å². The molecule has 2 aromatic heterocycles. The van der Waals surface area contributed by atoms with Crippen molar-refractivity contribution in [1.29, 1.82) is 0 Å². The summed E-state index contributed by atoms with van der Waals surface area (Å²) in [4.78, 5) is 25.0. The van der Waals surface area contributed by atoms with Gasteiger partial charge in [0.1, 0.15) is 24.0 Å². The van der Waals surface area contributed by atoms with Crippen LogP contribution in [0.15, 0.2) is 36.7 Å². The van der Waals surface area contributed by atoms with E-state index in [0.29, 0.717) is 17.9 Å². The first-order valence-electron chi connectivity index (χ1n) is 13.1. The summed E-state index contributed by atoms with van der Waals surface area (Å²) in [6.07, 6.45) is -3.51. The normalized spacial score (nSPS) is 24.7. The van der Waals surface area contributed by atoms with Crippen LogP contribution in [0.2, 0.25) is 0 Å². The van der Waals surface area contributed by atoms with Gasteiger partial charge in [-0.3, -0.25) is 13.9 Å². The van der Waals surface area contributed by atoms with Gasteiger partial charge in [-0.1, -0.05) is 18.2 Å². The van der Waals surface area contributed by atoms with E-state index in [1.165, 1.54) is 17.8 Å². The number of benzene rings is 1. The summed E-state index contributed by atoms with van der Waals surface area (Å²) in [6.45, 7) is 7.78. The zero-order valence-corrected chi connectivity index (χ0v) is 24.2. The van der Waals surface area contributed by atoms with E-state index >= 15 is 4.39 Å². The zero-order chi connectivity index (χ0) is 29.9. The van der Waals surface area contributed by atoms with Crippen LogP contribution < -0.4 is 20.7 Å². The number of hydrogen-bond donors (Lipinski definition) is 4. The molecule has 0 spiro atoms. The van der Waals surface area contributed by atoms with Gasteiger partial charge in [-0.25, -0.2) is 13.9 Å². The number of para-hydroxylation sites is 1. The van der Waals surface area contributed by atoms with Crippen molar-refractivity contribution in [1.82, 2.24) is 24.6 Å². The number of esters is 1. The Morgan fingerprint density at radius 1 is 1.29 bits per heavy atom. The van der Waals surface area contributed by atoms with Gasteiger partial charge in [0.15, 0.2) is 28.9 Å². The third-order valence-electron chi connectivity index (χ3n) is 6.19. The van der Waals surface area contributed by atoms with Crippen molar-refractivity contribution >= 4 is 36.6 Å². The predicted molar refractivity (Wildman–Crippen MR) is 148 cm³/mol. The number of nitrogens with one attached hydrogen (secondary N) is 2. The highest BCUT2D eigenvalue weighted by atomic mass is 31.2. The maximum atomic E-state index is 16.0. The molecule has 5 N–H and O–H groups in total. The lowest BCUT2D eigenvalue weighted by atomic mass is 9.98. The lowest BCUT2D eigenvalue weighted by molar-refractivity contribution is -0.149. The molecule has 1 aromatic carbocycles. The Morgan fingerprint density at radius 2 is 2.00 bits per heavy atom. The van der Waals surface area contributed by atoms with E-state index in [1.54, 1.807) is 44.2 Å². The molecule has 0 amide bonds. The van der Waals surface area contributed by atoms with Crippen LogP contribution >= 0.6 is 7.75 Å². The summed E-state index contributed by atoms with van der Waals surface area (Å²) >= 11 is 0. The van der Waals surface area contributed by atoms with Crippen LogP contribution in [0.4, 0.5) is 16.2 Å². The largest absolute Gasteiger partial charge is 0.462 e. The Bertz CT molecular complexity index is 1410. The number of nitrogens with zero attached hydrogens (tertiary/aromatic N) is 4. The quantitative estimate of drug-likeness (QED) is 0.177. The predicted octanol–water partition coefficient (Wildman–Crippen LogP) is 2.96. The topological polar surface area (TPSA) is 185 Å². The average molecular weight is 596 g/mol. The molecule has 224 valence electrons. The molecule has 6 atom stereocenters. The number of hydrogen-bond acceptors (Lipinski definition) is 12. The highest BCUT2D eigenvalue weighted by molar-refractivity contribution is 7.52. The smallest absolute Gasteiger partial charge is 0.459 e. The molecule has 1 aliphatic rings. The van der Waals surface area contributed by atoms with Crippen molar-refractivity contribution in [3.8, 4) is 5.75 Å². The van der Waals surface area contributed by atoms with Crippen LogP contribution in [0, 0.1) is 0 Å². The van der Waals surface area contributed by atoms with E-state index in [0.717, 1.165) is 6.92 Å². The minimum atomic E-state index is -4.28. The van der Waals surface area contributed by atoms with E-state index < -0.39 is 56.6 Å². The monoisotopic (exact) mass is 595 g/mol. The number of alkyl halides is 1. The Hall–Kier alpha value is -3.36. The second-order valence-electron chi connectivity index (χ2n) is 9.94. The standard InChI is InChI=1S/C25H35FN7O7P/c1-6-28-20-18-21(31-24(27)30-20)33(13-29-18)23-25(5,26)19(34)17(39-23)12-37-41(36,40-16-10-8-7-9-11-16)32-15(4)22(35)38-14(2)3/h7-11,13-15,17,19,23,34H,6,12H2,1-5H3,(H,32,36)(H3,27,28,30,31)/t15-,17-,19-,23-,25-,41-/m1/s1. The van der Waals surface area contributed by atoms with Crippen molar-refractivity contribution in [2.24, 2.45) is 0 Å². The molecule has 0 radical (unpaired) electrons. The molecule has 0 aliphatic carbocycles. The number of nitrogens with two attached hydrogens (primary N) is 1. The van der Waals surface area contributed by atoms with Crippen molar-refractivity contribution in [3.05, 3.63) is 36.7 Å². The minimum absolute atomic E-state index is 0.0654. The molecular weight excluding hydrogens is 560 g/mol. The molecule has 0 bridgehead atoms. The number of aliphatic hydroxyl groups is 1. The first-order chi connectivity index (χ1) is 19.3. The van der Waals surface area contributed by atoms with Gasteiger partial charge in [0.2, 0.25) is 5.95 Å². The number of carbonyl (C=O) groups is 1. The SMILES string of the molecule is CCNc1nc(N)nc2c1ncn2[C@@H]1O[C@H](CO[P@](=O)(N[C@H](C)C(=O)OC(C)C)Oc2ccccc2)[C@@H](O)[C@@]1(C)F. The van der Waals surface area contributed by atoms with Gasteiger partial charge in [0.25, 0.3) is 0 Å². The Morgan fingerprint density at radius 3 is 2.66 bits per heavy atom. The first kappa shape index (κ1) is 30.6. The lowest BCUT2D eigenvalue weighted by Crippen LogP contribution is -2.41.